The summed E-state index contributed by atoms with van der Waals surface area (Å²) in [6.45, 7) is 6.91. The summed E-state index contributed by atoms with van der Waals surface area (Å²) in [5.74, 6) is 1.63. The van der Waals surface area contributed by atoms with Crippen molar-refractivity contribution in [3.8, 4) is 11.5 Å². The van der Waals surface area contributed by atoms with E-state index < -0.39 is 0 Å². The van der Waals surface area contributed by atoms with Gasteiger partial charge >= 0.3 is 0 Å². The van der Waals surface area contributed by atoms with E-state index in [2.05, 4.69) is 14.0 Å². The lowest BCUT2D eigenvalue weighted by Gasteiger charge is -2.37. The summed E-state index contributed by atoms with van der Waals surface area (Å²) in [7, 11) is 2.13. The predicted molar refractivity (Wildman–Crippen MR) is 82.7 cm³/mol. The lowest BCUT2D eigenvalue weighted by molar-refractivity contribution is -0.908. The lowest BCUT2D eigenvalue weighted by atomic mass is 9.99. The monoisotopic (exact) mass is 306 g/mol. The molecule has 0 bridgehead atoms. The number of ketones is 1. The van der Waals surface area contributed by atoms with Gasteiger partial charge in [0.15, 0.2) is 11.5 Å². The predicted octanol–water partition coefficient (Wildman–Crippen LogP) is 1.68. The number of fused-ring (bicyclic) bond motifs is 1. The topological polar surface area (TPSA) is 44.8 Å². The molecule has 5 nitrogen and oxygen atoms in total. The van der Waals surface area contributed by atoms with Crippen LogP contribution in [0.4, 0.5) is 0 Å². The summed E-state index contributed by atoms with van der Waals surface area (Å²) in [5.41, 5.74) is 1.81. The number of Topliss-reactive ketones (excluding diaryl/α,β-unsaturated/α-hetero) is 1. The second-order valence-corrected chi connectivity index (χ2v) is 6.27. The first-order chi connectivity index (χ1) is 10.6. The molecule has 22 heavy (non-hydrogen) atoms. The Hall–Kier alpha value is -1.59. The number of quaternary nitrogens is 1. The summed E-state index contributed by atoms with van der Waals surface area (Å²) < 4.78 is 17.4. The zero-order valence-electron chi connectivity index (χ0n) is 13.4. The number of hydrogen-bond donors (Lipinski definition) is 0. The zero-order chi connectivity index (χ0) is 15.6. The van der Waals surface area contributed by atoms with Gasteiger partial charge < -0.3 is 18.7 Å². The number of carbonyl (C=O) groups is 1. The Morgan fingerprint density at radius 2 is 1.73 bits per heavy atom. The van der Waals surface area contributed by atoms with Crippen LogP contribution in [0.1, 0.15) is 22.8 Å². The molecule has 0 N–H and O–H groups in total. The smallest absolute Gasteiger partial charge is 0.217 e. The van der Waals surface area contributed by atoms with Gasteiger partial charge in [-0.3, -0.25) is 4.79 Å². The van der Waals surface area contributed by atoms with E-state index in [1.807, 2.05) is 12.1 Å². The molecule has 1 saturated heterocycles. The van der Waals surface area contributed by atoms with E-state index in [0.717, 1.165) is 54.1 Å². The van der Waals surface area contributed by atoms with Gasteiger partial charge in [0.05, 0.1) is 20.3 Å². The Morgan fingerprint density at radius 1 is 1.09 bits per heavy atom. The summed E-state index contributed by atoms with van der Waals surface area (Å²) >= 11 is 0. The van der Waals surface area contributed by atoms with Gasteiger partial charge in [0, 0.05) is 5.56 Å². The van der Waals surface area contributed by atoms with Crippen LogP contribution in [0.3, 0.4) is 0 Å². The second-order valence-electron chi connectivity index (χ2n) is 6.27. The van der Waals surface area contributed by atoms with Crippen LogP contribution in [-0.4, -0.2) is 63.4 Å². The summed E-state index contributed by atoms with van der Waals surface area (Å²) in [4.78, 5) is 12.8. The summed E-state index contributed by atoms with van der Waals surface area (Å²) in [5, 5.41) is 0. The van der Waals surface area contributed by atoms with E-state index in [1.54, 1.807) is 0 Å². The van der Waals surface area contributed by atoms with E-state index in [9.17, 15) is 4.79 Å². The highest BCUT2D eigenvalue weighted by atomic mass is 16.6. The SMILES string of the molecule is CCc1cc2c(cc1C(=O)C[N+]1(C)CCOCC1)OCCO2. The van der Waals surface area contributed by atoms with E-state index in [1.165, 1.54) is 0 Å². The Bertz CT molecular complexity index is 564. The average molecular weight is 306 g/mol. The Balaban J connectivity index is 1.84. The van der Waals surface area contributed by atoms with Crippen molar-refractivity contribution < 1.29 is 23.5 Å². The largest absolute Gasteiger partial charge is 0.486 e. The molecule has 5 heteroatoms. The van der Waals surface area contributed by atoms with Crippen molar-refractivity contribution in [2.75, 3.05) is 53.1 Å². The van der Waals surface area contributed by atoms with Crippen LogP contribution in [0.25, 0.3) is 0 Å². The molecule has 2 aliphatic heterocycles. The van der Waals surface area contributed by atoms with Gasteiger partial charge in [-0.2, -0.15) is 0 Å². The quantitative estimate of drug-likeness (QED) is 0.627. The highest BCUT2D eigenvalue weighted by molar-refractivity contribution is 5.99. The van der Waals surface area contributed by atoms with Crippen molar-refractivity contribution in [1.29, 1.82) is 0 Å². The first kappa shape index (κ1) is 15.3. The highest BCUT2D eigenvalue weighted by Crippen LogP contribution is 2.34. The van der Waals surface area contributed by atoms with E-state index in [-0.39, 0.29) is 5.78 Å². The number of ether oxygens (including phenoxy) is 3. The van der Waals surface area contributed by atoms with Crippen LogP contribution in [0.2, 0.25) is 0 Å². The fourth-order valence-corrected chi connectivity index (χ4v) is 3.06. The molecule has 3 rings (SSSR count). The van der Waals surface area contributed by atoms with Crippen molar-refractivity contribution in [2.24, 2.45) is 0 Å². The maximum absolute atomic E-state index is 12.8. The number of likely N-dealkylation sites (N-methyl/N-ethyl adjacent to an activating group) is 1. The van der Waals surface area contributed by atoms with Crippen LogP contribution in [-0.2, 0) is 11.2 Å². The number of carbonyl (C=O) groups excluding carboxylic acids is 1. The molecule has 0 spiro atoms. The van der Waals surface area contributed by atoms with E-state index in [0.29, 0.717) is 25.5 Å². The van der Waals surface area contributed by atoms with Gasteiger partial charge in [-0.1, -0.05) is 6.92 Å². The third-order valence-corrected chi connectivity index (χ3v) is 4.53. The van der Waals surface area contributed by atoms with Crippen LogP contribution in [0.15, 0.2) is 12.1 Å². The molecule has 0 aliphatic carbocycles. The molecule has 2 heterocycles. The van der Waals surface area contributed by atoms with Gasteiger partial charge in [0.25, 0.3) is 0 Å². The van der Waals surface area contributed by atoms with Crippen molar-refractivity contribution in [3.05, 3.63) is 23.3 Å². The fourth-order valence-electron chi connectivity index (χ4n) is 3.06. The molecule has 0 unspecified atom stereocenters. The van der Waals surface area contributed by atoms with Crippen LogP contribution in [0.5, 0.6) is 11.5 Å². The molecule has 0 amide bonds. The molecule has 1 aromatic carbocycles. The maximum Gasteiger partial charge on any atom is 0.217 e. The summed E-state index contributed by atoms with van der Waals surface area (Å²) in [6.07, 6.45) is 0.810. The van der Waals surface area contributed by atoms with Gasteiger partial charge in [-0.05, 0) is 24.1 Å². The number of hydrogen-bond acceptors (Lipinski definition) is 4. The lowest BCUT2D eigenvalue weighted by Crippen LogP contribution is -2.54. The number of morpholine rings is 1. The van der Waals surface area contributed by atoms with Crippen molar-refractivity contribution in [1.82, 2.24) is 0 Å². The van der Waals surface area contributed by atoms with Gasteiger partial charge in [0.1, 0.15) is 32.8 Å². The first-order valence-corrected chi connectivity index (χ1v) is 7.98. The molecule has 0 aromatic heterocycles. The maximum atomic E-state index is 12.8. The van der Waals surface area contributed by atoms with E-state index in [4.69, 9.17) is 14.2 Å². The van der Waals surface area contributed by atoms with Crippen LogP contribution < -0.4 is 9.47 Å². The van der Waals surface area contributed by atoms with Crippen molar-refractivity contribution >= 4 is 5.78 Å². The normalized spacial score (nSPS) is 19.7. The zero-order valence-corrected chi connectivity index (χ0v) is 13.4. The molecule has 0 saturated carbocycles. The van der Waals surface area contributed by atoms with Crippen LogP contribution >= 0.6 is 0 Å². The number of nitrogens with zero attached hydrogens (tertiary/aromatic N) is 1. The minimum Gasteiger partial charge on any atom is -0.486 e. The Labute approximate surface area is 131 Å². The number of rotatable bonds is 4. The Morgan fingerprint density at radius 3 is 2.36 bits per heavy atom. The standard InChI is InChI=1S/C17H24NO4/c1-3-13-10-16-17(22-9-8-21-16)11-14(13)15(19)12-18(2)4-6-20-7-5-18/h10-11H,3-9,12H2,1-2H3/q+1. The molecular weight excluding hydrogens is 282 g/mol. The number of aryl methyl sites for hydroxylation is 1. The van der Waals surface area contributed by atoms with Crippen molar-refractivity contribution in [2.45, 2.75) is 13.3 Å². The molecule has 2 aliphatic rings. The fraction of sp³-hybridized carbons (Fsp3) is 0.588. The summed E-state index contributed by atoms with van der Waals surface area (Å²) in [6, 6.07) is 3.82. The Kier molecular flexibility index (Phi) is 4.36. The minimum absolute atomic E-state index is 0.179. The van der Waals surface area contributed by atoms with E-state index >= 15 is 0 Å². The minimum atomic E-state index is 0.179. The third-order valence-electron chi connectivity index (χ3n) is 4.53. The van der Waals surface area contributed by atoms with Gasteiger partial charge in [0.2, 0.25) is 5.78 Å². The average Bonchev–Trinajstić information content (AvgIpc) is 2.53. The molecule has 0 radical (unpaired) electrons. The molecule has 120 valence electrons. The van der Waals surface area contributed by atoms with Crippen LogP contribution in [0, 0.1) is 0 Å². The highest BCUT2D eigenvalue weighted by Gasteiger charge is 2.30. The number of benzene rings is 1. The first-order valence-electron chi connectivity index (χ1n) is 7.98. The molecule has 1 aromatic rings. The van der Waals surface area contributed by atoms with Gasteiger partial charge in [-0.25, -0.2) is 0 Å². The molecular formula is C17H24NO4+. The molecule has 1 fully saturated rings. The third kappa shape index (κ3) is 3.10. The van der Waals surface area contributed by atoms with Gasteiger partial charge in [-0.15, -0.1) is 0 Å². The van der Waals surface area contributed by atoms with Crippen molar-refractivity contribution in [3.63, 3.8) is 0 Å². The second kappa shape index (κ2) is 6.26. The molecule has 0 atom stereocenters.